The third kappa shape index (κ3) is 10.2. The van der Waals surface area contributed by atoms with E-state index in [0.29, 0.717) is 0 Å². The minimum absolute atomic E-state index is 0.784. The van der Waals surface area contributed by atoms with Crippen molar-refractivity contribution in [2.75, 3.05) is 6.61 Å². The van der Waals surface area contributed by atoms with Gasteiger partial charge in [-0.05, 0) is 23.6 Å². The van der Waals surface area contributed by atoms with Crippen molar-refractivity contribution < 1.29 is 4.74 Å². The molecule has 0 fully saturated rings. The summed E-state index contributed by atoms with van der Waals surface area (Å²) in [6.45, 7) is 3.07. The van der Waals surface area contributed by atoms with E-state index in [2.05, 4.69) is 91.9 Å². The van der Waals surface area contributed by atoms with Gasteiger partial charge in [0.05, 0.1) is 12.5 Å². The minimum atomic E-state index is 0.784. The minimum Gasteiger partial charge on any atom is -0.493 e. The van der Waals surface area contributed by atoms with Gasteiger partial charge in [-0.3, -0.25) is 0 Å². The molecule has 0 saturated carbocycles. The fraction of sp³-hybridized carbons (Fsp3) is 0.457. The monoisotopic (exact) mass is 483 g/mol. The van der Waals surface area contributed by atoms with Gasteiger partial charge in [-0.25, -0.2) is 0 Å². The Labute approximate surface area is 221 Å². The zero-order valence-electron chi connectivity index (χ0n) is 22.6. The lowest BCUT2D eigenvalue weighted by atomic mass is 9.85. The molecule has 36 heavy (non-hydrogen) atoms. The molecule has 0 N–H and O–H groups in total. The number of ether oxygens (including phenoxy) is 1. The average molecular weight is 484 g/mol. The second-order valence-corrected chi connectivity index (χ2v) is 10.0. The quantitative estimate of drug-likeness (QED) is 0.122. The SMILES string of the molecule is CCCCCCCCCCCCCCCCOc1ccccc1[C](c1ccccc1)c1ccccc1. The van der Waals surface area contributed by atoms with Crippen LogP contribution in [0.25, 0.3) is 0 Å². The first-order valence-electron chi connectivity index (χ1n) is 14.6. The average Bonchev–Trinajstić information content (AvgIpc) is 2.93. The fourth-order valence-corrected chi connectivity index (χ4v) is 4.97. The van der Waals surface area contributed by atoms with Crippen LogP contribution in [-0.2, 0) is 0 Å². The van der Waals surface area contributed by atoms with Crippen LogP contribution in [0.4, 0.5) is 0 Å². The summed E-state index contributed by atoms with van der Waals surface area (Å²) in [6.07, 6.45) is 19.3. The van der Waals surface area contributed by atoms with Gasteiger partial charge in [0.15, 0.2) is 0 Å². The molecule has 1 heteroatoms. The third-order valence-electron chi connectivity index (χ3n) is 7.04. The van der Waals surface area contributed by atoms with E-state index in [4.69, 9.17) is 4.74 Å². The molecule has 0 aliphatic carbocycles. The summed E-state index contributed by atoms with van der Waals surface area (Å²) in [6, 6.07) is 29.8. The van der Waals surface area contributed by atoms with Crippen molar-refractivity contribution >= 4 is 0 Å². The van der Waals surface area contributed by atoms with Crippen LogP contribution in [0.3, 0.4) is 0 Å². The van der Waals surface area contributed by atoms with E-state index in [1.54, 1.807) is 0 Å². The molecule has 193 valence electrons. The molecule has 1 nitrogen and oxygen atoms in total. The maximum atomic E-state index is 6.35. The Morgan fingerprint density at radius 2 is 0.889 bits per heavy atom. The molecular formula is C35H47O. The fourth-order valence-electron chi connectivity index (χ4n) is 4.97. The Morgan fingerprint density at radius 3 is 1.39 bits per heavy atom. The van der Waals surface area contributed by atoms with Gasteiger partial charge in [0, 0.05) is 5.56 Å². The van der Waals surface area contributed by atoms with Gasteiger partial charge in [-0.1, -0.05) is 169 Å². The van der Waals surface area contributed by atoms with E-state index in [9.17, 15) is 0 Å². The highest BCUT2D eigenvalue weighted by Crippen LogP contribution is 2.36. The Hall–Kier alpha value is -2.54. The van der Waals surface area contributed by atoms with Crippen molar-refractivity contribution in [2.24, 2.45) is 0 Å². The van der Waals surface area contributed by atoms with Gasteiger partial charge >= 0.3 is 0 Å². The molecule has 0 amide bonds. The maximum absolute atomic E-state index is 6.35. The number of unbranched alkanes of at least 4 members (excludes halogenated alkanes) is 13. The number of para-hydroxylation sites is 1. The Bertz CT molecular complexity index is 878. The summed E-state index contributed by atoms with van der Waals surface area (Å²) in [5.74, 6) is 2.21. The van der Waals surface area contributed by atoms with Crippen LogP contribution in [0.5, 0.6) is 5.75 Å². The number of hydrogen-bond acceptors (Lipinski definition) is 1. The van der Waals surface area contributed by atoms with E-state index >= 15 is 0 Å². The van der Waals surface area contributed by atoms with Gasteiger partial charge in [0.2, 0.25) is 0 Å². The van der Waals surface area contributed by atoms with Crippen molar-refractivity contribution in [3.05, 3.63) is 108 Å². The molecule has 0 bridgehead atoms. The molecule has 3 rings (SSSR count). The molecule has 0 heterocycles. The smallest absolute Gasteiger partial charge is 0.123 e. The molecule has 0 aromatic heterocycles. The standard InChI is InChI=1S/C35H47O/c1-2-3-4-5-6-7-8-9-10-11-12-13-14-23-30-36-34-29-22-21-28-33(34)35(31-24-17-15-18-25-31)32-26-19-16-20-27-32/h15-22,24-29H,2-14,23,30H2,1H3. The van der Waals surface area contributed by atoms with Crippen LogP contribution < -0.4 is 4.74 Å². The predicted octanol–water partition coefficient (Wildman–Crippen LogP) is 10.6. The Balaban J connectivity index is 1.37. The van der Waals surface area contributed by atoms with E-state index in [1.165, 1.54) is 106 Å². The van der Waals surface area contributed by atoms with Crippen LogP contribution in [0.1, 0.15) is 114 Å². The summed E-state index contributed by atoms with van der Waals surface area (Å²) < 4.78 is 6.35. The molecule has 0 unspecified atom stereocenters. The lowest BCUT2D eigenvalue weighted by molar-refractivity contribution is 0.302. The van der Waals surface area contributed by atoms with Crippen LogP contribution >= 0.6 is 0 Å². The van der Waals surface area contributed by atoms with Gasteiger partial charge < -0.3 is 4.74 Å². The van der Waals surface area contributed by atoms with Gasteiger partial charge in [-0.2, -0.15) is 0 Å². The zero-order valence-corrected chi connectivity index (χ0v) is 22.6. The second-order valence-electron chi connectivity index (χ2n) is 10.0. The van der Waals surface area contributed by atoms with Crippen molar-refractivity contribution in [3.63, 3.8) is 0 Å². The van der Waals surface area contributed by atoms with E-state index in [0.717, 1.165) is 18.8 Å². The molecule has 3 aromatic rings. The molecule has 1 radical (unpaired) electrons. The van der Waals surface area contributed by atoms with E-state index < -0.39 is 0 Å². The lowest BCUT2D eigenvalue weighted by Crippen LogP contribution is -2.08. The lowest BCUT2D eigenvalue weighted by Gasteiger charge is -2.21. The van der Waals surface area contributed by atoms with Crippen LogP contribution in [0.15, 0.2) is 84.9 Å². The summed E-state index contributed by atoms with van der Waals surface area (Å²) in [4.78, 5) is 0. The van der Waals surface area contributed by atoms with Gasteiger partial charge in [0.1, 0.15) is 5.75 Å². The third-order valence-corrected chi connectivity index (χ3v) is 7.04. The van der Waals surface area contributed by atoms with Crippen LogP contribution in [0, 0.1) is 5.92 Å². The molecule has 0 spiro atoms. The van der Waals surface area contributed by atoms with E-state index in [-0.39, 0.29) is 0 Å². The largest absolute Gasteiger partial charge is 0.493 e. The van der Waals surface area contributed by atoms with Crippen molar-refractivity contribution in [1.29, 1.82) is 0 Å². The van der Waals surface area contributed by atoms with Gasteiger partial charge in [0.25, 0.3) is 0 Å². The normalized spacial score (nSPS) is 11.2. The number of rotatable bonds is 19. The highest BCUT2D eigenvalue weighted by molar-refractivity contribution is 5.61. The second kappa shape index (κ2) is 17.8. The first kappa shape index (κ1) is 28.0. The van der Waals surface area contributed by atoms with Crippen LogP contribution in [-0.4, -0.2) is 6.61 Å². The maximum Gasteiger partial charge on any atom is 0.123 e. The summed E-state index contributed by atoms with van der Waals surface area (Å²) in [7, 11) is 0. The molecule has 0 saturated heterocycles. The molecule has 0 aliphatic rings. The van der Waals surface area contributed by atoms with Gasteiger partial charge in [-0.15, -0.1) is 0 Å². The summed E-state index contributed by atoms with van der Waals surface area (Å²) >= 11 is 0. The van der Waals surface area contributed by atoms with Crippen LogP contribution in [0.2, 0.25) is 0 Å². The Kier molecular flexibility index (Phi) is 13.9. The predicted molar refractivity (Wildman–Crippen MR) is 156 cm³/mol. The molecule has 0 aliphatic heterocycles. The number of hydrogen-bond donors (Lipinski definition) is 0. The summed E-state index contributed by atoms with van der Waals surface area (Å²) in [5, 5.41) is 0. The first-order chi connectivity index (χ1) is 17.9. The van der Waals surface area contributed by atoms with Crippen molar-refractivity contribution in [1.82, 2.24) is 0 Å². The Morgan fingerprint density at radius 1 is 0.472 bits per heavy atom. The summed E-state index contributed by atoms with van der Waals surface area (Å²) in [5.41, 5.74) is 3.60. The highest BCUT2D eigenvalue weighted by atomic mass is 16.5. The number of benzene rings is 3. The van der Waals surface area contributed by atoms with E-state index in [1.807, 2.05) is 0 Å². The molecular weight excluding hydrogens is 436 g/mol. The zero-order chi connectivity index (χ0) is 25.1. The molecule has 0 atom stereocenters. The topological polar surface area (TPSA) is 9.23 Å². The molecule has 3 aromatic carbocycles. The van der Waals surface area contributed by atoms with Crippen molar-refractivity contribution in [3.8, 4) is 5.75 Å². The highest BCUT2D eigenvalue weighted by Gasteiger charge is 2.21. The first-order valence-corrected chi connectivity index (χ1v) is 14.6. The van der Waals surface area contributed by atoms with Crippen molar-refractivity contribution in [2.45, 2.75) is 96.8 Å².